The van der Waals surface area contributed by atoms with Crippen LogP contribution in [0.1, 0.15) is 28.8 Å². The molecule has 0 fully saturated rings. The van der Waals surface area contributed by atoms with Crippen LogP contribution in [0.25, 0.3) is 0 Å². The van der Waals surface area contributed by atoms with E-state index in [1.165, 1.54) is 18.4 Å². The summed E-state index contributed by atoms with van der Waals surface area (Å²) in [5, 5.41) is 11.6. The number of aromatic nitrogens is 4. The summed E-state index contributed by atoms with van der Waals surface area (Å²) < 4.78 is 13.4. The van der Waals surface area contributed by atoms with Gasteiger partial charge in [0, 0.05) is 17.5 Å². The molecule has 0 radical (unpaired) electrons. The van der Waals surface area contributed by atoms with Crippen LogP contribution >= 0.6 is 23.6 Å². The molecule has 0 saturated carbocycles. The van der Waals surface area contributed by atoms with E-state index in [0.29, 0.717) is 40.8 Å². The number of ether oxygens (including phenoxy) is 2. The van der Waals surface area contributed by atoms with Gasteiger partial charge in [0.2, 0.25) is 0 Å². The minimum Gasteiger partial charge on any atom is -0.493 e. The van der Waals surface area contributed by atoms with Gasteiger partial charge in [-0.25, -0.2) is 4.98 Å². The van der Waals surface area contributed by atoms with E-state index in [-0.39, 0.29) is 12.5 Å². The Kier molecular flexibility index (Phi) is 6.20. The van der Waals surface area contributed by atoms with Crippen molar-refractivity contribution in [1.29, 1.82) is 0 Å². The molecule has 2 aromatic heterocycles. The van der Waals surface area contributed by atoms with Crippen LogP contribution in [0.3, 0.4) is 0 Å². The number of benzene rings is 1. The highest BCUT2D eigenvalue weighted by molar-refractivity contribution is 7.71. The van der Waals surface area contributed by atoms with Gasteiger partial charge in [0.15, 0.2) is 22.1 Å². The zero-order valence-corrected chi connectivity index (χ0v) is 16.5. The van der Waals surface area contributed by atoms with Gasteiger partial charge >= 0.3 is 0 Å². The fourth-order valence-electron chi connectivity index (χ4n) is 2.46. The minimum absolute atomic E-state index is 0.240. The van der Waals surface area contributed by atoms with E-state index >= 15 is 0 Å². The number of thiazole rings is 1. The number of H-pyrrole nitrogens is 1. The van der Waals surface area contributed by atoms with Crippen LogP contribution in [0.4, 0.5) is 0 Å². The smallest absolute Gasteiger partial charge is 0.251 e. The molecule has 0 aliphatic rings. The largest absolute Gasteiger partial charge is 0.493 e. The van der Waals surface area contributed by atoms with Crippen LogP contribution in [0, 0.1) is 4.77 Å². The van der Waals surface area contributed by atoms with Gasteiger partial charge in [-0.05, 0) is 37.3 Å². The second-order valence-corrected chi connectivity index (χ2v) is 6.61. The number of aromatic amines is 1. The first kappa shape index (κ1) is 19.1. The molecule has 8 nitrogen and oxygen atoms in total. The maximum absolute atomic E-state index is 12.5. The Morgan fingerprint density at radius 2 is 2.26 bits per heavy atom. The Morgan fingerprint density at radius 1 is 1.41 bits per heavy atom. The molecule has 10 heteroatoms. The Hall–Kier alpha value is -2.72. The third kappa shape index (κ3) is 4.52. The predicted molar refractivity (Wildman–Crippen MR) is 104 cm³/mol. The van der Waals surface area contributed by atoms with Crippen LogP contribution in [-0.2, 0) is 19.7 Å². The molecule has 0 atom stereocenters. The molecular formula is C17H19N5O3S2. The van der Waals surface area contributed by atoms with E-state index in [0.717, 1.165) is 5.69 Å². The fourth-order valence-corrected chi connectivity index (χ4v) is 3.28. The Labute approximate surface area is 165 Å². The Morgan fingerprint density at radius 3 is 2.96 bits per heavy atom. The van der Waals surface area contributed by atoms with Crippen molar-refractivity contribution >= 4 is 29.5 Å². The summed E-state index contributed by atoms with van der Waals surface area (Å²) >= 11 is 6.65. The highest BCUT2D eigenvalue weighted by Crippen LogP contribution is 2.28. The van der Waals surface area contributed by atoms with Crippen molar-refractivity contribution in [2.75, 3.05) is 7.11 Å². The van der Waals surface area contributed by atoms with Crippen molar-refractivity contribution in [2.24, 2.45) is 0 Å². The summed E-state index contributed by atoms with van der Waals surface area (Å²) in [6, 6.07) is 5.04. The molecule has 1 aromatic carbocycles. The van der Waals surface area contributed by atoms with E-state index in [1.54, 1.807) is 23.7 Å². The average molecular weight is 406 g/mol. The first-order chi connectivity index (χ1) is 13.1. The Balaban J connectivity index is 1.66. The number of carbonyl (C=O) groups excluding carboxylic acids is 1. The summed E-state index contributed by atoms with van der Waals surface area (Å²) in [6.45, 7) is 3.25. The molecule has 27 heavy (non-hydrogen) atoms. The van der Waals surface area contributed by atoms with Gasteiger partial charge in [-0.3, -0.25) is 9.89 Å². The van der Waals surface area contributed by atoms with Gasteiger partial charge in [-0.1, -0.05) is 0 Å². The first-order valence-electron chi connectivity index (χ1n) is 8.22. The Bertz CT molecular complexity index is 965. The maximum Gasteiger partial charge on any atom is 0.251 e. The molecule has 0 aliphatic carbocycles. The van der Waals surface area contributed by atoms with Crippen LogP contribution in [0.15, 0.2) is 29.1 Å². The topological polar surface area (TPSA) is 94.1 Å². The van der Waals surface area contributed by atoms with Gasteiger partial charge < -0.3 is 19.4 Å². The van der Waals surface area contributed by atoms with Crippen molar-refractivity contribution in [1.82, 2.24) is 25.1 Å². The summed E-state index contributed by atoms with van der Waals surface area (Å²) in [7, 11) is 1.53. The van der Waals surface area contributed by atoms with E-state index in [4.69, 9.17) is 21.7 Å². The molecule has 0 aliphatic heterocycles. The zero-order valence-electron chi connectivity index (χ0n) is 14.9. The molecule has 142 valence electrons. The normalized spacial score (nSPS) is 10.6. The van der Waals surface area contributed by atoms with Crippen LogP contribution in [-0.4, -0.2) is 32.8 Å². The summed E-state index contributed by atoms with van der Waals surface area (Å²) in [5.41, 5.74) is 3.05. The van der Waals surface area contributed by atoms with Crippen LogP contribution < -0.4 is 14.8 Å². The lowest BCUT2D eigenvalue weighted by molar-refractivity contribution is 0.0949. The van der Waals surface area contributed by atoms with E-state index in [1.807, 2.05) is 16.9 Å². The molecule has 0 unspecified atom stereocenters. The standard InChI is InChI=1S/C17H19N5O3S2/c1-3-22-15(20-21-17(22)26)7-18-16(23)11-4-5-13(14(6-11)24-2)25-8-12-9-27-10-19-12/h4-6,9-10H,3,7-8H2,1-2H3,(H,18,23)(H,21,26). The number of rotatable bonds is 8. The van der Waals surface area contributed by atoms with Gasteiger partial charge in [-0.15, -0.1) is 11.3 Å². The van der Waals surface area contributed by atoms with Crippen molar-refractivity contribution in [3.05, 3.63) is 50.9 Å². The summed E-state index contributed by atoms with van der Waals surface area (Å²) in [5.74, 6) is 1.46. The molecule has 2 N–H and O–H groups in total. The molecular weight excluding hydrogens is 386 g/mol. The second kappa shape index (κ2) is 8.78. The van der Waals surface area contributed by atoms with Gasteiger partial charge in [0.1, 0.15) is 6.61 Å². The van der Waals surface area contributed by atoms with Gasteiger partial charge in [0.25, 0.3) is 5.91 Å². The zero-order chi connectivity index (χ0) is 19.2. The minimum atomic E-state index is -0.240. The van der Waals surface area contributed by atoms with Gasteiger partial charge in [0.05, 0.1) is 24.9 Å². The van der Waals surface area contributed by atoms with Crippen molar-refractivity contribution in [3.63, 3.8) is 0 Å². The van der Waals surface area contributed by atoms with E-state index in [2.05, 4.69) is 20.5 Å². The lowest BCUT2D eigenvalue weighted by atomic mass is 10.2. The average Bonchev–Trinajstić information content (AvgIpc) is 3.33. The monoisotopic (exact) mass is 405 g/mol. The van der Waals surface area contributed by atoms with Gasteiger partial charge in [-0.2, -0.15) is 5.10 Å². The third-order valence-corrected chi connectivity index (χ3v) is 4.79. The SMILES string of the molecule is CCn1c(CNC(=O)c2ccc(OCc3cscn3)c(OC)c2)n[nH]c1=S. The number of nitrogens with one attached hydrogen (secondary N) is 2. The first-order valence-corrected chi connectivity index (χ1v) is 9.57. The molecule has 0 saturated heterocycles. The van der Waals surface area contributed by atoms with Crippen LogP contribution in [0.5, 0.6) is 11.5 Å². The predicted octanol–water partition coefficient (Wildman–Crippen LogP) is 2.93. The second-order valence-electron chi connectivity index (χ2n) is 5.51. The summed E-state index contributed by atoms with van der Waals surface area (Å²) in [6.07, 6.45) is 0. The van der Waals surface area contributed by atoms with Crippen molar-refractivity contribution in [3.8, 4) is 11.5 Å². The quantitative estimate of drug-likeness (QED) is 0.560. The van der Waals surface area contributed by atoms with Crippen LogP contribution in [0.2, 0.25) is 0 Å². The molecule has 1 amide bonds. The number of hydrogen-bond acceptors (Lipinski definition) is 7. The molecule has 0 spiro atoms. The number of amides is 1. The molecule has 2 heterocycles. The third-order valence-electron chi connectivity index (χ3n) is 3.85. The number of hydrogen-bond donors (Lipinski definition) is 2. The summed E-state index contributed by atoms with van der Waals surface area (Å²) in [4.78, 5) is 16.6. The van der Waals surface area contributed by atoms with E-state index < -0.39 is 0 Å². The number of methoxy groups -OCH3 is 1. The van der Waals surface area contributed by atoms with Crippen molar-refractivity contribution in [2.45, 2.75) is 26.6 Å². The lowest BCUT2D eigenvalue weighted by Crippen LogP contribution is -2.24. The molecule has 0 bridgehead atoms. The molecule has 3 aromatic rings. The highest BCUT2D eigenvalue weighted by atomic mass is 32.1. The maximum atomic E-state index is 12.5. The molecule has 3 rings (SSSR count). The highest BCUT2D eigenvalue weighted by Gasteiger charge is 2.13. The number of nitrogens with zero attached hydrogens (tertiary/aromatic N) is 3. The van der Waals surface area contributed by atoms with E-state index in [9.17, 15) is 4.79 Å². The lowest BCUT2D eigenvalue weighted by Gasteiger charge is -2.12. The van der Waals surface area contributed by atoms with Crippen molar-refractivity contribution < 1.29 is 14.3 Å². The number of carbonyl (C=O) groups is 1. The fraction of sp³-hybridized carbons (Fsp3) is 0.294.